The van der Waals surface area contributed by atoms with Crippen molar-refractivity contribution < 1.29 is 4.79 Å². The second-order valence-corrected chi connectivity index (χ2v) is 5.21. The van der Waals surface area contributed by atoms with E-state index in [2.05, 4.69) is 11.9 Å². The Hall–Kier alpha value is -1.42. The summed E-state index contributed by atoms with van der Waals surface area (Å²) in [5, 5.41) is 0. The van der Waals surface area contributed by atoms with Gasteiger partial charge in [-0.05, 0) is 37.3 Å². The predicted molar refractivity (Wildman–Crippen MR) is 71.3 cm³/mol. The molecule has 4 heteroatoms. The number of nitrogens with two attached hydrogens (primary N) is 1. The van der Waals surface area contributed by atoms with E-state index in [4.69, 9.17) is 5.73 Å². The minimum atomic E-state index is 0.0722. The Morgan fingerprint density at radius 1 is 1.61 bits per heavy atom. The lowest BCUT2D eigenvalue weighted by Crippen LogP contribution is -2.49. The molecule has 1 aliphatic rings. The van der Waals surface area contributed by atoms with Crippen LogP contribution in [0.2, 0.25) is 0 Å². The van der Waals surface area contributed by atoms with Gasteiger partial charge in [0.1, 0.15) is 0 Å². The van der Waals surface area contributed by atoms with Crippen LogP contribution in [-0.4, -0.2) is 34.9 Å². The third-order valence-corrected chi connectivity index (χ3v) is 3.78. The molecule has 98 valence electrons. The number of carbonyl (C=O) groups is 1. The Labute approximate surface area is 108 Å². The van der Waals surface area contributed by atoms with Crippen LogP contribution in [0.1, 0.15) is 35.7 Å². The molecule has 1 aliphatic heterocycles. The van der Waals surface area contributed by atoms with Gasteiger partial charge in [-0.15, -0.1) is 0 Å². The summed E-state index contributed by atoms with van der Waals surface area (Å²) >= 11 is 0. The van der Waals surface area contributed by atoms with E-state index in [1.807, 2.05) is 17.9 Å². The van der Waals surface area contributed by atoms with E-state index in [-0.39, 0.29) is 11.9 Å². The summed E-state index contributed by atoms with van der Waals surface area (Å²) in [6.45, 7) is 5.50. The second-order valence-electron chi connectivity index (χ2n) is 5.21. The highest BCUT2D eigenvalue weighted by Crippen LogP contribution is 2.24. The van der Waals surface area contributed by atoms with Gasteiger partial charge >= 0.3 is 0 Å². The minimum Gasteiger partial charge on any atom is -0.334 e. The fourth-order valence-corrected chi connectivity index (χ4v) is 2.59. The summed E-state index contributed by atoms with van der Waals surface area (Å²) in [7, 11) is 0. The molecular weight excluding hydrogens is 226 g/mol. The number of aryl methyl sites for hydroxylation is 1. The van der Waals surface area contributed by atoms with E-state index in [0.29, 0.717) is 18.0 Å². The summed E-state index contributed by atoms with van der Waals surface area (Å²) in [5.41, 5.74) is 7.48. The summed E-state index contributed by atoms with van der Waals surface area (Å²) in [6, 6.07) is 2.04. The van der Waals surface area contributed by atoms with Crippen LogP contribution in [0, 0.1) is 12.8 Å². The fourth-order valence-electron chi connectivity index (χ4n) is 2.59. The van der Waals surface area contributed by atoms with Gasteiger partial charge in [0, 0.05) is 31.5 Å². The van der Waals surface area contributed by atoms with E-state index in [1.54, 1.807) is 12.4 Å². The van der Waals surface area contributed by atoms with E-state index in [0.717, 1.165) is 24.9 Å². The molecule has 1 fully saturated rings. The Morgan fingerprint density at radius 3 is 3.06 bits per heavy atom. The molecule has 0 saturated carbocycles. The van der Waals surface area contributed by atoms with E-state index in [9.17, 15) is 4.79 Å². The van der Waals surface area contributed by atoms with Crippen LogP contribution in [-0.2, 0) is 0 Å². The molecule has 0 spiro atoms. The molecule has 1 saturated heterocycles. The van der Waals surface area contributed by atoms with Gasteiger partial charge in [0.25, 0.3) is 5.91 Å². The number of hydrogen-bond donors (Lipinski definition) is 1. The van der Waals surface area contributed by atoms with E-state index >= 15 is 0 Å². The first-order chi connectivity index (χ1) is 8.63. The molecule has 2 atom stereocenters. The van der Waals surface area contributed by atoms with Crippen LogP contribution < -0.4 is 5.73 Å². The molecule has 0 bridgehead atoms. The zero-order valence-electron chi connectivity index (χ0n) is 11.1. The predicted octanol–water partition coefficient (Wildman–Crippen LogP) is 1.59. The van der Waals surface area contributed by atoms with Crippen LogP contribution in [0.15, 0.2) is 18.5 Å². The van der Waals surface area contributed by atoms with Crippen molar-refractivity contribution in [3.8, 4) is 0 Å². The first-order valence-corrected chi connectivity index (χ1v) is 6.55. The van der Waals surface area contributed by atoms with Crippen LogP contribution >= 0.6 is 0 Å². The standard InChI is InChI=1S/C14H21N3O/c1-10-4-6-17(12(7-10)8-15)14(18)13-9-16-5-3-11(13)2/h3,5,9-10,12H,4,6-8,15H2,1-2H3. The van der Waals surface area contributed by atoms with Crippen molar-refractivity contribution in [3.63, 3.8) is 0 Å². The SMILES string of the molecule is Cc1ccncc1C(=O)N1CCC(C)CC1CN. The van der Waals surface area contributed by atoms with Gasteiger partial charge < -0.3 is 10.6 Å². The molecule has 2 rings (SSSR count). The quantitative estimate of drug-likeness (QED) is 0.863. The number of pyridine rings is 1. The monoisotopic (exact) mass is 247 g/mol. The smallest absolute Gasteiger partial charge is 0.255 e. The van der Waals surface area contributed by atoms with Crippen molar-refractivity contribution in [2.45, 2.75) is 32.7 Å². The highest BCUT2D eigenvalue weighted by Gasteiger charge is 2.30. The summed E-state index contributed by atoms with van der Waals surface area (Å²) in [4.78, 5) is 18.5. The molecule has 2 N–H and O–H groups in total. The summed E-state index contributed by atoms with van der Waals surface area (Å²) < 4.78 is 0. The van der Waals surface area contributed by atoms with Gasteiger partial charge in [0.05, 0.1) is 5.56 Å². The number of nitrogens with zero attached hydrogens (tertiary/aromatic N) is 2. The average molecular weight is 247 g/mol. The Morgan fingerprint density at radius 2 is 2.39 bits per heavy atom. The van der Waals surface area contributed by atoms with Crippen LogP contribution in [0.4, 0.5) is 0 Å². The molecular formula is C14H21N3O. The van der Waals surface area contributed by atoms with Crippen molar-refractivity contribution in [3.05, 3.63) is 29.6 Å². The molecule has 0 radical (unpaired) electrons. The number of carbonyl (C=O) groups excluding carboxylic acids is 1. The topological polar surface area (TPSA) is 59.2 Å². The van der Waals surface area contributed by atoms with Gasteiger partial charge in [0.2, 0.25) is 0 Å². The van der Waals surface area contributed by atoms with Crippen molar-refractivity contribution >= 4 is 5.91 Å². The average Bonchev–Trinajstić information content (AvgIpc) is 2.38. The van der Waals surface area contributed by atoms with Crippen LogP contribution in [0.3, 0.4) is 0 Å². The second kappa shape index (κ2) is 5.48. The number of amides is 1. The van der Waals surface area contributed by atoms with Gasteiger partial charge in [-0.2, -0.15) is 0 Å². The first kappa shape index (κ1) is 13.0. The number of hydrogen-bond acceptors (Lipinski definition) is 3. The van der Waals surface area contributed by atoms with Gasteiger partial charge in [-0.25, -0.2) is 0 Å². The number of piperidine rings is 1. The highest BCUT2D eigenvalue weighted by molar-refractivity contribution is 5.95. The molecule has 1 aromatic rings. The van der Waals surface area contributed by atoms with Gasteiger partial charge in [-0.3, -0.25) is 9.78 Å². The van der Waals surface area contributed by atoms with E-state index < -0.39 is 0 Å². The highest BCUT2D eigenvalue weighted by atomic mass is 16.2. The van der Waals surface area contributed by atoms with Gasteiger partial charge in [-0.1, -0.05) is 6.92 Å². The zero-order valence-corrected chi connectivity index (χ0v) is 11.1. The van der Waals surface area contributed by atoms with Crippen molar-refractivity contribution in [2.75, 3.05) is 13.1 Å². The summed E-state index contributed by atoms with van der Waals surface area (Å²) in [6.07, 6.45) is 5.43. The van der Waals surface area contributed by atoms with Gasteiger partial charge in [0.15, 0.2) is 0 Å². The summed E-state index contributed by atoms with van der Waals surface area (Å²) in [5.74, 6) is 0.723. The molecule has 0 aliphatic carbocycles. The lowest BCUT2D eigenvalue weighted by Gasteiger charge is -2.38. The lowest BCUT2D eigenvalue weighted by molar-refractivity contribution is 0.0572. The number of rotatable bonds is 2. The van der Waals surface area contributed by atoms with Crippen LogP contribution in [0.25, 0.3) is 0 Å². The minimum absolute atomic E-state index is 0.0722. The Balaban J connectivity index is 2.20. The molecule has 2 unspecified atom stereocenters. The van der Waals surface area contributed by atoms with Crippen LogP contribution in [0.5, 0.6) is 0 Å². The third kappa shape index (κ3) is 2.53. The molecule has 18 heavy (non-hydrogen) atoms. The lowest BCUT2D eigenvalue weighted by atomic mass is 9.91. The number of likely N-dealkylation sites (tertiary alicyclic amines) is 1. The molecule has 2 heterocycles. The maximum absolute atomic E-state index is 12.5. The molecule has 4 nitrogen and oxygen atoms in total. The first-order valence-electron chi connectivity index (χ1n) is 6.55. The largest absolute Gasteiger partial charge is 0.334 e. The molecule has 1 aromatic heterocycles. The fraction of sp³-hybridized carbons (Fsp3) is 0.571. The Bertz CT molecular complexity index is 433. The normalized spacial score (nSPS) is 24.1. The van der Waals surface area contributed by atoms with E-state index in [1.165, 1.54) is 0 Å². The van der Waals surface area contributed by atoms with Crippen molar-refractivity contribution in [2.24, 2.45) is 11.7 Å². The maximum Gasteiger partial charge on any atom is 0.255 e. The number of aromatic nitrogens is 1. The third-order valence-electron chi connectivity index (χ3n) is 3.78. The molecule has 0 aromatic carbocycles. The zero-order chi connectivity index (χ0) is 13.1. The van der Waals surface area contributed by atoms with Crippen molar-refractivity contribution in [1.82, 2.24) is 9.88 Å². The molecule has 1 amide bonds. The van der Waals surface area contributed by atoms with Crippen molar-refractivity contribution in [1.29, 1.82) is 0 Å². The Kier molecular flexibility index (Phi) is 3.97. The maximum atomic E-state index is 12.5.